The Kier molecular flexibility index (Phi) is 3.36. The zero-order valence-electron chi connectivity index (χ0n) is 12.4. The number of hydrogen-bond donors (Lipinski definition) is 1. The molecule has 1 amide bonds. The average Bonchev–Trinajstić information content (AvgIpc) is 2.33. The third-order valence-corrected chi connectivity index (χ3v) is 5.79. The summed E-state index contributed by atoms with van der Waals surface area (Å²) in [6, 6.07) is 0.282. The first kappa shape index (κ1) is 13.4. The van der Waals surface area contributed by atoms with Crippen LogP contribution in [-0.4, -0.2) is 29.9 Å². The summed E-state index contributed by atoms with van der Waals surface area (Å²) in [6.45, 7) is 5.36. The minimum Gasteiger partial charge on any atom is -0.339 e. The highest BCUT2D eigenvalue weighted by Crippen LogP contribution is 2.60. The second kappa shape index (κ2) is 4.76. The number of rotatable bonds is 4. The van der Waals surface area contributed by atoms with Crippen molar-refractivity contribution < 1.29 is 4.79 Å². The summed E-state index contributed by atoms with van der Waals surface area (Å²) >= 11 is 0. The molecule has 0 heterocycles. The van der Waals surface area contributed by atoms with Gasteiger partial charge in [-0.25, -0.2) is 0 Å². The van der Waals surface area contributed by atoms with Crippen LogP contribution in [0.3, 0.4) is 0 Å². The minimum atomic E-state index is 0.130. The van der Waals surface area contributed by atoms with Crippen LogP contribution in [0.5, 0.6) is 0 Å². The molecule has 4 aliphatic carbocycles. The van der Waals surface area contributed by atoms with Crippen LogP contribution >= 0.6 is 0 Å². The van der Waals surface area contributed by atoms with Crippen molar-refractivity contribution in [1.29, 1.82) is 0 Å². The highest BCUT2D eigenvalue weighted by atomic mass is 16.2. The average molecular weight is 264 g/mol. The van der Waals surface area contributed by atoms with Gasteiger partial charge >= 0.3 is 0 Å². The van der Waals surface area contributed by atoms with Gasteiger partial charge in [0.1, 0.15) is 0 Å². The molecule has 0 aliphatic heterocycles. The molecule has 2 N–H and O–H groups in total. The first-order valence-corrected chi connectivity index (χ1v) is 8.01. The molecule has 4 aliphatic rings. The first-order chi connectivity index (χ1) is 9.01. The summed E-state index contributed by atoms with van der Waals surface area (Å²) < 4.78 is 0. The maximum Gasteiger partial charge on any atom is 0.236 e. The van der Waals surface area contributed by atoms with E-state index in [1.54, 1.807) is 0 Å². The summed E-state index contributed by atoms with van der Waals surface area (Å²) in [4.78, 5) is 14.1. The van der Waals surface area contributed by atoms with Gasteiger partial charge in [0.2, 0.25) is 5.91 Å². The second-order valence-corrected chi connectivity index (χ2v) is 7.74. The molecule has 108 valence electrons. The zero-order chi connectivity index (χ0) is 13.6. The summed E-state index contributed by atoms with van der Waals surface area (Å²) in [5, 5.41) is 0. The lowest BCUT2D eigenvalue weighted by molar-refractivity contribution is -0.138. The Hall–Kier alpha value is -0.570. The van der Waals surface area contributed by atoms with Gasteiger partial charge in [0, 0.05) is 12.6 Å². The van der Waals surface area contributed by atoms with Crippen LogP contribution in [0.15, 0.2) is 0 Å². The van der Waals surface area contributed by atoms with Crippen molar-refractivity contribution in [2.75, 3.05) is 13.1 Å². The molecule has 4 rings (SSSR count). The van der Waals surface area contributed by atoms with Crippen molar-refractivity contribution in [3.05, 3.63) is 0 Å². The Morgan fingerprint density at radius 2 is 1.63 bits per heavy atom. The van der Waals surface area contributed by atoms with E-state index in [4.69, 9.17) is 5.73 Å². The molecular weight excluding hydrogens is 236 g/mol. The monoisotopic (exact) mass is 264 g/mol. The van der Waals surface area contributed by atoms with E-state index >= 15 is 0 Å². The largest absolute Gasteiger partial charge is 0.339 e. The van der Waals surface area contributed by atoms with Crippen LogP contribution < -0.4 is 5.73 Å². The Balaban J connectivity index is 1.76. The highest BCUT2D eigenvalue weighted by molar-refractivity contribution is 5.78. The van der Waals surface area contributed by atoms with Gasteiger partial charge in [-0.15, -0.1) is 0 Å². The van der Waals surface area contributed by atoms with Crippen molar-refractivity contribution in [1.82, 2.24) is 4.90 Å². The van der Waals surface area contributed by atoms with Crippen molar-refractivity contribution in [2.24, 2.45) is 28.9 Å². The standard InChI is InChI=1S/C16H28N2O/c1-11(2)18(15(19)9-17)10-16-6-12-3-13(7-16)5-14(4-12)8-16/h11-14H,3-10,17H2,1-2H3. The van der Waals surface area contributed by atoms with E-state index in [9.17, 15) is 4.79 Å². The maximum absolute atomic E-state index is 12.1. The van der Waals surface area contributed by atoms with Crippen molar-refractivity contribution in [3.8, 4) is 0 Å². The highest BCUT2D eigenvalue weighted by Gasteiger charge is 2.51. The molecular formula is C16H28N2O. The molecule has 4 bridgehead atoms. The van der Waals surface area contributed by atoms with Crippen molar-refractivity contribution in [2.45, 2.75) is 58.4 Å². The number of nitrogens with zero attached hydrogens (tertiary/aromatic N) is 1. The third kappa shape index (κ3) is 2.42. The van der Waals surface area contributed by atoms with Gasteiger partial charge in [-0.3, -0.25) is 4.79 Å². The van der Waals surface area contributed by atoms with Crippen LogP contribution in [0.1, 0.15) is 52.4 Å². The molecule has 4 saturated carbocycles. The molecule has 4 fully saturated rings. The first-order valence-electron chi connectivity index (χ1n) is 8.01. The molecule has 19 heavy (non-hydrogen) atoms. The summed E-state index contributed by atoms with van der Waals surface area (Å²) in [7, 11) is 0. The molecule has 0 aromatic heterocycles. The summed E-state index contributed by atoms with van der Waals surface area (Å²) in [5.41, 5.74) is 6.02. The van der Waals surface area contributed by atoms with Crippen LogP contribution in [0.4, 0.5) is 0 Å². The molecule has 3 nitrogen and oxygen atoms in total. The smallest absolute Gasteiger partial charge is 0.236 e. The Morgan fingerprint density at radius 3 is 2.00 bits per heavy atom. The van der Waals surface area contributed by atoms with Crippen LogP contribution in [0, 0.1) is 23.2 Å². The van der Waals surface area contributed by atoms with Crippen molar-refractivity contribution >= 4 is 5.91 Å². The predicted octanol–water partition coefficient (Wildman–Crippen LogP) is 2.40. The number of hydrogen-bond acceptors (Lipinski definition) is 2. The fraction of sp³-hybridized carbons (Fsp3) is 0.938. The van der Waals surface area contributed by atoms with Gasteiger partial charge in [0.25, 0.3) is 0 Å². The van der Waals surface area contributed by atoms with Gasteiger partial charge in [-0.1, -0.05) is 0 Å². The van der Waals surface area contributed by atoms with Crippen LogP contribution in [0.25, 0.3) is 0 Å². The Bertz CT molecular complexity index is 328. The molecule has 0 aromatic carbocycles. The van der Waals surface area contributed by atoms with E-state index in [1.807, 2.05) is 4.90 Å². The third-order valence-electron chi connectivity index (χ3n) is 5.79. The molecule has 0 radical (unpaired) electrons. The van der Waals surface area contributed by atoms with E-state index < -0.39 is 0 Å². The molecule has 3 heteroatoms. The van der Waals surface area contributed by atoms with Gasteiger partial charge in [0.15, 0.2) is 0 Å². The fourth-order valence-electron chi connectivity index (χ4n) is 5.52. The molecule has 0 unspecified atom stereocenters. The lowest BCUT2D eigenvalue weighted by Gasteiger charge is -2.58. The minimum absolute atomic E-state index is 0.130. The van der Waals surface area contributed by atoms with Crippen LogP contribution in [-0.2, 0) is 4.79 Å². The fourth-order valence-corrected chi connectivity index (χ4v) is 5.52. The predicted molar refractivity (Wildman–Crippen MR) is 76.5 cm³/mol. The van der Waals surface area contributed by atoms with Gasteiger partial charge in [-0.2, -0.15) is 0 Å². The Morgan fingerprint density at radius 1 is 1.16 bits per heavy atom. The van der Waals surface area contributed by atoms with Crippen LogP contribution in [0.2, 0.25) is 0 Å². The molecule has 0 aromatic rings. The van der Waals surface area contributed by atoms with E-state index in [2.05, 4.69) is 13.8 Å². The van der Waals surface area contributed by atoms with E-state index in [1.165, 1.54) is 38.5 Å². The van der Waals surface area contributed by atoms with Gasteiger partial charge in [-0.05, 0) is 75.5 Å². The second-order valence-electron chi connectivity index (χ2n) is 7.74. The SMILES string of the molecule is CC(C)N(CC12CC3CC(CC(C3)C1)C2)C(=O)CN. The quantitative estimate of drug-likeness (QED) is 0.847. The van der Waals surface area contributed by atoms with Gasteiger partial charge in [0.05, 0.1) is 6.54 Å². The molecule has 0 spiro atoms. The molecule has 0 saturated heterocycles. The lowest BCUT2D eigenvalue weighted by atomic mass is 9.49. The number of nitrogens with two attached hydrogens (primary N) is 1. The van der Waals surface area contributed by atoms with E-state index in [0.717, 1.165) is 24.3 Å². The summed E-state index contributed by atoms with van der Waals surface area (Å²) in [6.07, 6.45) is 8.48. The lowest BCUT2D eigenvalue weighted by Crippen LogP contribution is -2.54. The Labute approximate surface area is 116 Å². The summed E-state index contributed by atoms with van der Waals surface area (Å²) in [5.74, 6) is 2.99. The molecule has 0 atom stereocenters. The zero-order valence-corrected chi connectivity index (χ0v) is 12.4. The van der Waals surface area contributed by atoms with Crippen molar-refractivity contribution in [3.63, 3.8) is 0 Å². The number of carbonyl (C=O) groups excluding carboxylic acids is 1. The number of carbonyl (C=O) groups is 1. The normalized spacial score (nSPS) is 39.9. The topological polar surface area (TPSA) is 46.3 Å². The number of amides is 1. The van der Waals surface area contributed by atoms with E-state index in [0.29, 0.717) is 5.41 Å². The van der Waals surface area contributed by atoms with Gasteiger partial charge < -0.3 is 10.6 Å². The maximum atomic E-state index is 12.1. The van der Waals surface area contributed by atoms with E-state index in [-0.39, 0.29) is 18.5 Å².